The zero-order valence-electron chi connectivity index (χ0n) is 9.53. The molecule has 1 aromatic heterocycles. The van der Waals surface area contributed by atoms with Gasteiger partial charge in [0.2, 0.25) is 0 Å². The summed E-state index contributed by atoms with van der Waals surface area (Å²) >= 11 is 2.85. The maximum atomic E-state index is 6.02. The number of benzene rings is 1. The quantitative estimate of drug-likeness (QED) is 0.773. The topological polar surface area (TPSA) is 13.1 Å². The van der Waals surface area contributed by atoms with Crippen molar-refractivity contribution in [2.24, 2.45) is 0 Å². The molecular formula is C15H14ORh. The summed E-state index contributed by atoms with van der Waals surface area (Å²) in [6, 6.07) is 10.4. The van der Waals surface area contributed by atoms with Gasteiger partial charge >= 0.3 is 111 Å². The van der Waals surface area contributed by atoms with E-state index in [1.165, 1.54) is 29.5 Å². The molecule has 0 N–H and O–H groups in total. The SMILES string of the molecule is [Rh]=[CH]c1oc(-c2ccccc2)c2c1CCCC2. The van der Waals surface area contributed by atoms with Gasteiger partial charge in [-0.05, 0) is 0 Å². The average molecular weight is 313 g/mol. The Morgan fingerprint density at radius 3 is 2.41 bits per heavy atom. The normalized spacial score (nSPS) is 14.4. The van der Waals surface area contributed by atoms with Crippen molar-refractivity contribution in [3.63, 3.8) is 0 Å². The molecule has 0 bridgehead atoms. The van der Waals surface area contributed by atoms with Crippen LogP contribution in [0, 0.1) is 0 Å². The molecule has 0 saturated heterocycles. The van der Waals surface area contributed by atoms with Crippen molar-refractivity contribution in [1.29, 1.82) is 0 Å². The Kier molecular flexibility index (Phi) is 3.07. The van der Waals surface area contributed by atoms with E-state index in [2.05, 4.69) is 42.1 Å². The average Bonchev–Trinajstić information content (AvgIpc) is 2.78. The zero-order valence-corrected chi connectivity index (χ0v) is 11.2. The molecule has 1 aliphatic rings. The zero-order chi connectivity index (χ0) is 11.7. The molecule has 1 aliphatic carbocycles. The fraction of sp³-hybridized carbons (Fsp3) is 0.267. The first-order valence-electron chi connectivity index (χ1n) is 6.01. The molecule has 1 nitrogen and oxygen atoms in total. The van der Waals surface area contributed by atoms with E-state index >= 15 is 0 Å². The van der Waals surface area contributed by atoms with Crippen molar-refractivity contribution >= 4 is 4.61 Å². The number of fused-ring (bicyclic) bond motifs is 1. The molecule has 0 spiro atoms. The molecule has 1 aromatic carbocycles. The van der Waals surface area contributed by atoms with E-state index in [1.54, 1.807) is 0 Å². The summed E-state index contributed by atoms with van der Waals surface area (Å²) < 4.78 is 8.00. The summed E-state index contributed by atoms with van der Waals surface area (Å²) in [4.78, 5) is 0. The minimum absolute atomic E-state index is 1.03. The van der Waals surface area contributed by atoms with Crippen LogP contribution in [-0.2, 0) is 30.7 Å². The van der Waals surface area contributed by atoms with E-state index in [9.17, 15) is 0 Å². The van der Waals surface area contributed by atoms with Crippen molar-refractivity contribution in [2.75, 3.05) is 0 Å². The van der Waals surface area contributed by atoms with Gasteiger partial charge in [-0.2, -0.15) is 0 Å². The van der Waals surface area contributed by atoms with Crippen LogP contribution in [0.5, 0.6) is 0 Å². The third-order valence-corrected chi connectivity index (χ3v) is 3.80. The molecule has 2 heteroatoms. The van der Waals surface area contributed by atoms with Crippen LogP contribution in [0.25, 0.3) is 11.3 Å². The van der Waals surface area contributed by atoms with E-state index in [0.717, 1.165) is 24.4 Å². The molecule has 2 aromatic rings. The summed E-state index contributed by atoms with van der Waals surface area (Å²) in [6.45, 7) is 0. The molecule has 0 unspecified atom stereocenters. The Morgan fingerprint density at radius 1 is 1.00 bits per heavy atom. The van der Waals surface area contributed by atoms with Crippen LogP contribution >= 0.6 is 0 Å². The fourth-order valence-electron chi connectivity index (χ4n) is 2.56. The first-order valence-corrected chi connectivity index (χ1v) is 6.95. The molecule has 0 fully saturated rings. The molecule has 0 saturated carbocycles. The van der Waals surface area contributed by atoms with Crippen LogP contribution in [0.2, 0.25) is 0 Å². The van der Waals surface area contributed by atoms with Gasteiger partial charge in [0.15, 0.2) is 0 Å². The second kappa shape index (κ2) is 4.70. The Bertz CT molecular complexity index is 540. The summed E-state index contributed by atoms with van der Waals surface area (Å²) in [7, 11) is 0. The van der Waals surface area contributed by atoms with Gasteiger partial charge < -0.3 is 0 Å². The van der Waals surface area contributed by atoms with Crippen LogP contribution in [0.15, 0.2) is 34.7 Å². The van der Waals surface area contributed by atoms with Gasteiger partial charge in [-0.25, -0.2) is 0 Å². The van der Waals surface area contributed by atoms with E-state index in [0.29, 0.717) is 0 Å². The van der Waals surface area contributed by atoms with Gasteiger partial charge in [-0.1, -0.05) is 0 Å². The van der Waals surface area contributed by atoms with Crippen molar-refractivity contribution < 1.29 is 22.3 Å². The summed E-state index contributed by atoms with van der Waals surface area (Å²) in [5, 5.41) is 0. The molecule has 1 heterocycles. The second-order valence-corrected chi connectivity index (χ2v) is 4.89. The van der Waals surface area contributed by atoms with Crippen molar-refractivity contribution in [3.05, 3.63) is 47.2 Å². The number of furan rings is 1. The summed E-state index contributed by atoms with van der Waals surface area (Å²) in [6.07, 6.45) is 4.87. The van der Waals surface area contributed by atoms with E-state index in [4.69, 9.17) is 4.42 Å². The Hall–Kier alpha value is -1.01. The number of hydrogen-bond acceptors (Lipinski definition) is 1. The number of hydrogen-bond donors (Lipinski definition) is 0. The molecule has 0 radical (unpaired) electrons. The Balaban J connectivity index is 2.17. The molecule has 17 heavy (non-hydrogen) atoms. The van der Waals surface area contributed by atoms with Crippen LogP contribution in [0.1, 0.15) is 29.7 Å². The second-order valence-electron chi connectivity index (χ2n) is 4.42. The van der Waals surface area contributed by atoms with Crippen molar-refractivity contribution in [2.45, 2.75) is 25.7 Å². The maximum absolute atomic E-state index is 6.02. The first-order chi connectivity index (χ1) is 8.40. The molecule has 0 atom stereocenters. The third kappa shape index (κ3) is 1.95. The third-order valence-electron chi connectivity index (χ3n) is 3.37. The van der Waals surface area contributed by atoms with Crippen LogP contribution in [-0.4, -0.2) is 4.61 Å². The predicted molar refractivity (Wildman–Crippen MR) is 66.0 cm³/mol. The van der Waals surface area contributed by atoms with Crippen LogP contribution in [0.3, 0.4) is 0 Å². The number of rotatable bonds is 2. The standard InChI is InChI=1S/C15H14O.Rh/c1-11-13-9-5-6-10-14(13)15(16-11)12-7-3-2-4-8-12;/h1-4,7-8H,5-6,9-10H2;. The van der Waals surface area contributed by atoms with Crippen molar-refractivity contribution in [3.8, 4) is 11.3 Å². The Labute approximate surface area is 111 Å². The van der Waals surface area contributed by atoms with Gasteiger partial charge in [0.05, 0.1) is 0 Å². The van der Waals surface area contributed by atoms with Gasteiger partial charge in [0.1, 0.15) is 0 Å². The fourth-order valence-corrected chi connectivity index (χ4v) is 2.94. The van der Waals surface area contributed by atoms with E-state index in [-0.39, 0.29) is 0 Å². The van der Waals surface area contributed by atoms with Gasteiger partial charge in [-0.15, -0.1) is 0 Å². The first kappa shape index (κ1) is 11.1. The monoisotopic (exact) mass is 313 g/mol. The molecule has 0 amide bonds. The summed E-state index contributed by atoms with van der Waals surface area (Å²) in [5.74, 6) is 2.11. The predicted octanol–water partition coefficient (Wildman–Crippen LogP) is 3.52. The molecular weight excluding hydrogens is 299 g/mol. The van der Waals surface area contributed by atoms with Gasteiger partial charge in [-0.3, -0.25) is 0 Å². The van der Waals surface area contributed by atoms with E-state index in [1.807, 2.05) is 10.7 Å². The van der Waals surface area contributed by atoms with Gasteiger partial charge in [0, 0.05) is 0 Å². The summed E-state index contributed by atoms with van der Waals surface area (Å²) in [5.41, 5.74) is 4.03. The van der Waals surface area contributed by atoms with E-state index < -0.39 is 0 Å². The van der Waals surface area contributed by atoms with Crippen LogP contribution in [0.4, 0.5) is 0 Å². The van der Waals surface area contributed by atoms with Gasteiger partial charge in [0.25, 0.3) is 0 Å². The minimum atomic E-state index is 1.03. The van der Waals surface area contributed by atoms with Crippen LogP contribution < -0.4 is 0 Å². The van der Waals surface area contributed by atoms with Crippen molar-refractivity contribution in [1.82, 2.24) is 0 Å². The molecule has 89 valence electrons. The molecule has 0 aliphatic heterocycles. The Morgan fingerprint density at radius 2 is 1.71 bits per heavy atom. The molecule has 3 rings (SSSR count).